The van der Waals surface area contributed by atoms with Gasteiger partial charge < -0.3 is 14.6 Å². The summed E-state index contributed by atoms with van der Waals surface area (Å²) < 4.78 is 10.2. The Bertz CT molecular complexity index is 350. The van der Waals surface area contributed by atoms with E-state index >= 15 is 0 Å². The molecule has 3 nitrogen and oxygen atoms in total. The number of aromatic hydroxyl groups is 1. The molecule has 0 unspecified atom stereocenters. The molecule has 0 spiro atoms. The van der Waals surface area contributed by atoms with Crippen LogP contribution in [0.4, 0.5) is 0 Å². The third kappa shape index (κ3) is 4.23. The van der Waals surface area contributed by atoms with E-state index in [1.807, 2.05) is 0 Å². The summed E-state index contributed by atoms with van der Waals surface area (Å²) >= 11 is 5.73. The molecule has 0 heterocycles. The average molecular weight is 229 g/mol. The highest BCUT2D eigenvalue weighted by atomic mass is 35.5. The summed E-state index contributed by atoms with van der Waals surface area (Å²) in [6, 6.07) is 4.92. The molecule has 0 bridgehead atoms. The fourth-order valence-corrected chi connectivity index (χ4v) is 1.15. The molecule has 0 saturated carbocycles. The average Bonchev–Trinajstić information content (AvgIpc) is 2.18. The molecule has 1 aromatic carbocycles. The van der Waals surface area contributed by atoms with E-state index in [0.29, 0.717) is 17.4 Å². The van der Waals surface area contributed by atoms with Gasteiger partial charge in [-0.05, 0) is 24.6 Å². The molecule has 0 saturated heterocycles. The predicted octanol–water partition coefficient (Wildman–Crippen LogP) is 3.07. The van der Waals surface area contributed by atoms with Crippen LogP contribution in [0.3, 0.4) is 0 Å². The summed E-state index contributed by atoms with van der Waals surface area (Å²) in [6.07, 6.45) is 0. The molecule has 0 aliphatic carbocycles. The van der Waals surface area contributed by atoms with Crippen molar-refractivity contribution in [3.63, 3.8) is 0 Å². The van der Waals surface area contributed by atoms with Crippen molar-refractivity contribution in [1.82, 2.24) is 0 Å². The molecule has 1 rings (SSSR count). The van der Waals surface area contributed by atoms with E-state index in [0.717, 1.165) is 5.56 Å². The Morgan fingerprint density at radius 2 is 2.27 bits per heavy atom. The number of phenolic OH excluding ortho intramolecular Hbond substituents is 1. The normalized spacial score (nSPS) is 10.0. The zero-order chi connectivity index (χ0) is 11.3. The van der Waals surface area contributed by atoms with E-state index in [2.05, 4.69) is 6.58 Å². The summed E-state index contributed by atoms with van der Waals surface area (Å²) in [5.41, 5.74) is 0.878. The molecule has 1 aromatic rings. The second-order valence-electron chi connectivity index (χ2n) is 3.10. The fraction of sp³-hybridized carbons (Fsp3) is 0.273. The lowest BCUT2D eigenvalue weighted by atomic mass is 10.2. The molecule has 0 aromatic heterocycles. The van der Waals surface area contributed by atoms with Crippen LogP contribution in [-0.2, 0) is 16.1 Å². The van der Waals surface area contributed by atoms with Gasteiger partial charge in [-0.3, -0.25) is 0 Å². The van der Waals surface area contributed by atoms with Crippen molar-refractivity contribution in [2.75, 3.05) is 6.79 Å². The molecule has 0 radical (unpaired) electrons. The Labute approximate surface area is 93.9 Å². The third-order valence-electron chi connectivity index (χ3n) is 1.67. The maximum absolute atomic E-state index is 9.18. The van der Waals surface area contributed by atoms with Gasteiger partial charge in [0.1, 0.15) is 5.75 Å². The van der Waals surface area contributed by atoms with E-state index in [1.54, 1.807) is 19.1 Å². The van der Waals surface area contributed by atoms with Crippen LogP contribution in [0, 0.1) is 0 Å². The molecular weight excluding hydrogens is 216 g/mol. The van der Waals surface area contributed by atoms with E-state index < -0.39 is 0 Å². The van der Waals surface area contributed by atoms with E-state index in [-0.39, 0.29) is 12.5 Å². The van der Waals surface area contributed by atoms with Gasteiger partial charge in [0.2, 0.25) is 0 Å². The van der Waals surface area contributed by atoms with Gasteiger partial charge in [0.05, 0.1) is 17.4 Å². The summed E-state index contributed by atoms with van der Waals surface area (Å²) in [6.45, 7) is 5.86. The molecule has 0 atom stereocenters. The minimum atomic E-state index is 0.0682. The zero-order valence-corrected chi connectivity index (χ0v) is 9.25. The second kappa shape index (κ2) is 5.63. The van der Waals surface area contributed by atoms with Crippen LogP contribution in [-0.4, -0.2) is 11.9 Å². The molecule has 0 aliphatic rings. The number of hydrogen-bond acceptors (Lipinski definition) is 3. The van der Waals surface area contributed by atoms with E-state index in [9.17, 15) is 5.11 Å². The van der Waals surface area contributed by atoms with E-state index in [4.69, 9.17) is 21.1 Å². The van der Waals surface area contributed by atoms with Gasteiger partial charge in [0.15, 0.2) is 6.79 Å². The van der Waals surface area contributed by atoms with Crippen LogP contribution in [0.15, 0.2) is 30.5 Å². The molecule has 0 aliphatic heterocycles. The Morgan fingerprint density at radius 1 is 1.53 bits per heavy atom. The predicted molar refractivity (Wildman–Crippen MR) is 58.7 cm³/mol. The van der Waals surface area contributed by atoms with Crippen molar-refractivity contribution < 1.29 is 14.6 Å². The van der Waals surface area contributed by atoms with Crippen molar-refractivity contribution >= 4 is 11.6 Å². The van der Waals surface area contributed by atoms with Crippen molar-refractivity contribution in [2.24, 2.45) is 0 Å². The topological polar surface area (TPSA) is 38.7 Å². The third-order valence-corrected chi connectivity index (χ3v) is 1.97. The largest absolute Gasteiger partial charge is 0.506 e. The summed E-state index contributed by atoms with van der Waals surface area (Å²) in [5, 5.41) is 9.50. The SMILES string of the molecule is C=C(C)OCOCc1ccc(O)c(Cl)c1. The van der Waals surface area contributed by atoms with Crippen molar-refractivity contribution in [3.8, 4) is 5.75 Å². The van der Waals surface area contributed by atoms with Crippen LogP contribution in [0.25, 0.3) is 0 Å². The molecule has 4 heteroatoms. The van der Waals surface area contributed by atoms with Crippen LogP contribution < -0.4 is 0 Å². The van der Waals surface area contributed by atoms with E-state index in [1.165, 1.54) is 6.07 Å². The Kier molecular flexibility index (Phi) is 4.46. The van der Waals surface area contributed by atoms with Crippen molar-refractivity contribution in [1.29, 1.82) is 0 Å². The quantitative estimate of drug-likeness (QED) is 0.478. The number of halogens is 1. The van der Waals surface area contributed by atoms with Gasteiger partial charge >= 0.3 is 0 Å². The van der Waals surface area contributed by atoms with Crippen molar-refractivity contribution in [3.05, 3.63) is 41.1 Å². The lowest BCUT2D eigenvalue weighted by Gasteiger charge is -2.07. The Balaban J connectivity index is 2.38. The first kappa shape index (κ1) is 11.9. The van der Waals surface area contributed by atoms with Crippen LogP contribution in [0.1, 0.15) is 12.5 Å². The highest BCUT2D eigenvalue weighted by Gasteiger charge is 1.99. The van der Waals surface area contributed by atoms with Crippen LogP contribution >= 0.6 is 11.6 Å². The first-order valence-corrected chi connectivity index (χ1v) is 4.81. The fourth-order valence-electron chi connectivity index (χ4n) is 0.942. The maximum atomic E-state index is 9.18. The number of benzene rings is 1. The first-order valence-electron chi connectivity index (χ1n) is 4.43. The van der Waals surface area contributed by atoms with Gasteiger partial charge in [-0.15, -0.1) is 0 Å². The zero-order valence-electron chi connectivity index (χ0n) is 8.50. The first-order chi connectivity index (χ1) is 7.09. The monoisotopic (exact) mass is 228 g/mol. The van der Waals surface area contributed by atoms with Crippen molar-refractivity contribution in [2.45, 2.75) is 13.5 Å². The van der Waals surface area contributed by atoms with Gasteiger partial charge in [0.25, 0.3) is 0 Å². The molecule has 15 heavy (non-hydrogen) atoms. The number of phenols is 1. The molecule has 1 N–H and O–H groups in total. The number of allylic oxidation sites excluding steroid dienone is 1. The van der Waals surface area contributed by atoms with Crippen LogP contribution in [0.2, 0.25) is 5.02 Å². The van der Waals surface area contributed by atoms with Crippen LogP contribution in [0.5, 0.6) is 5.75 Å². The maximum Gasteiger partial charge on any atom is 0.188 e. The minimum Gasteiger partial charge on any atom is -0.506 e. The lowest BCUT2D eigenvalue weighted by Crippen LogP contribution is -1.98. The second-order valence-corrected chi connectivity index (χ2v) is 3.51. The molecule has 0 fully saturated rings. The van der Waals surface area contributed by atoms with Gasteiger partial charge in [-0.25, -0.2) is 0 Å². The molecule has 0 amide bonds. The van der Waals surface area contributed by atoms with Gasteiger partial charge in [-0.2, -0.15) is 0 Å². The van der Waals surface area contributed by atoms with Gasteiger partial charge in [-0.1, -0.05) is 24.2 Å². The highest BCUT2D eigenvalue weighted by molar-refractivity contribution is 6.32. The number of hydrogen-bond donors (Lipinski definition) is 1. The standard InChI is InChI=1S/C11H13ClO3/c1-8(2)15-7-14-6-9-3-4-11(13)10(12)5-9/h3-5,13H,1,6-7H2,2H3. The summed E-state index contributed by atoms with van der Waals surface area (Å²) in [5.74, 6) is 0.678. The number of rotatable bonds is 5. The minimum absolute atomic E-state index is 0.0682. The summed E-state index contributed by atoms with van der Waals surface area (Å²) in [7, 11) is 0. The number of ether oxygens (including phenoxy) is 2. The molecular formula is C11H13ClO3. The smallest absolute Gasteiger partial charge is 0.188 e. The lowest BCUT2D eigenvalue weighted by molar-refractivity contribution is -0.0310. The van der Waals surface area contributed by atoms with Gasteiger partial charge in [0, 0.05) is 0 Å². The summed E-state index contributed by atoms with van der Waals surface area (Å²) in [4.78, 5) is 0. The molecule has 82 valence electrons. The Morgan fingerprint density at radius 3 is 2.87 bits per heavy atom. The Hall–Kier alpha value is -1.19. The highest BCUT2D eigenvalue weighted by Crippen LogP contribution is 2.23.